The summed E-state index contributed by atoms with van der Waals surface area (Å²) in [6.07, 6.45) is 0. The third-order valence-corrected chi connectivity index (χ3v) is 3.54. The summed E-state index contributed by atoms with van der Waals surface area (Å²) < 4.78 is 1.02. The van der Waals surface area contributed by atoms with Crippen molar-refractivity contribution in [2.24, 2.45) is 0 Å². The molecule has 0 bridgehead atoms. The molecule has 2 N–H and O–H groups in total. The zero-order chi connectivity index (χ0) is 12.8. The Morgan fingerprint density at radius 1 is 1.35 bits per heavy atom. The van der Waals surface area contributed by atoms with Gasteiger partial charge < -0.3 is 0 Å². The first kappa shape index (κ1) is 14.1. The van der Waals surface area contributed by atoms with E-state index in [2.05, 4.69) is 26.8 Å². The van der Waals surface area contributed by atoms with Crippen LogP contribution in [0.5, 0.6) is 0 Å². The van der Waals surface area contributed by atoms with Crippen molar-refractivity contribution in [2.75, 3.05) is 5.75 Å². The number of rotatable bonds is 3. The molecule has 1 aromatic carbocycles. The van der Waals surface area contributed by atoms with E-state index in [4.69, 9.17) is 0 Å². The molecule has 17 heavy (non-hydrogen) atoms. The molecule has 1 rings (SSSR count). The first-order chi connectivity index (χ1) is 7.99. The van der Waals surface area contributed by atoms with Gasteiger partial charge in [-0.25, -0.2) is 0 Å². The van der Waals surface area contributed by atoms with Gasteiger partial charge in [-0.3, -0.25) is 20.4 Å². The Balaban J connectivity index is 2.44. The van der Waals surface area contributed by atoms with Crippen molar-refractivity contribution < 1.29 is 9.59 Å². The van der Waals surface area contributed by atoms with E-state index in [1.54, 1.807) is 0 Å². The zero-order valence-electron chi connectivity index (χ0n) is 9.54. The molecule has 2 amide bonds. The minimum absolute atomic E-state index is 0.229. The van der Waals surface area contributed by atoms with E-state index >= 15 is 0 Å². The molecular formula is C11H13BrN2O2S. The molecule has 0 heterocycles. The maximum atomic E-state index is 11.3. The maximum Gasteiger partial charge on any atom is 0.248 e. The van der Waals surface area contributed by atoms with Crippen LogP contribution in [-0.4, -0.2) is 17.6 Å². The van der Waals surface area contributed by atoms with Crippen LogP contribution in [0.15, 0.2) is 27.6 Å². The normalized spacial score (nSPS) is 9.82. The summed E-state index contributed by atoms with van der Waals surface area (Å²) in [5.74, 6) is -0.251. The summed E-state index contributed by atoms with van der Waals surface area (Å²) in [6, 6.07) is 5.88. The van der Waals surface area contributed by atoms with Gasteiger partial charge in [0.25, 0.3) is 0 Å². The molecule has 0 radical (unpaired) electrons. The highest BCUT2D eigenvalue weighted by Crippen LogP contribution is 2.24. The average molecular weight is 317 g/mol. The number of nitrogens with one attached hydrogen (secondary N) is 2. The van der Waals surface area contributed by atoms with Crippen LogP contribution in [0.1, 0.15) is 12.5 Å². The van der Waals surface area contributed by atoms with Crippen molar-refractivity contribution in [1.82, 2.24) is 10.9 Å². The third kappa shape index (κ3) is 5.23. The van der Waals surface area contributed by atoms with Gasteiger partial charge in [-0.15, -0.1) is 11.8 Å². The lowest BCUT2D eigenvalue weighted by atomic mass is 10.2. The Kier molecular flexibility index (Phi) is 5.50. The standard InChI is InChI=1S/C11H13BrN2O2S/c1-7-5-9(12)3-4-10(7)17-6-11(16)14-13-8(2)15/h3-5H,6H2,1-2H3,(H,13,15)(H,14,16). The second-order valence-electron chi connectivity index (χ2n) is 3.43. The molecule has 0 spiro atoms. The van der Waals surface area contributed by atoms with Crippen molar-refractivity contribution in [3.05, 3.63) is 28.2 Å². The summed E-state index contributed by atoms with van der Waals surface area (Å²) in [5, 5.41) is 0. The molecule has 0 aliphatic carbocycles. The molecule has 0 saturated carbocycles. The molecule has 4 nitrogen and oxygen atoms in total. The highest BCUT2D eigenvalue weighted by Gasteiger charge is 2.05. The fourth-order valence-corrected chi connectivity index (χ4v) is 2.40. The first-order valence-corrected chi connectivity index (χ1v) is 6.71. The number of amides is 2. The highest BCUT2D eigenvalue weighted by atomic mass is 79.9. The Labute approximate surface area is 113 Å². The van der Waals surface area contributed by atoms with E-state index < -0.39 is 0 Å². The maximum absolute atomic E-state index is 11.3. The van der Waals surface area contributed by atoms with Crippen LogP contribution in [0.2, 0.25) is 0 Å². The van der Waals surface area contributed by atoms with Crippen molar-refractivity contribution in [2.45, 2.75) is 18.7 Å². The van der Waals surface area contributed by atoms with E-state index in [9.17, 15) is 9.59 Å². The lowest BCUT2D eigenvalue weighted by Crippen LogP contribution is -2.41. The van der Waals surface area contributed by atoms with Gasteiger partial charge >= 0.3 is 0 Å². The molecule has 1 aromatic rings. The van der Waals surface area contributed by atoms with Gasteiger partial charge in [-0.1, -0.05) is 15.9 Å². The number of hydrogen-bond acceptors (Lipinski definition) is 3. The molecule has 0 aliphatic rings. The van der Waals surface area contributed by atoms with Crippen molar-refractivity contribution in [3.8, 4) is 0 Å². The summed E-state index contributed by atoms with van der Waals surface area (Å²) in [4.78, 5) is 23.0. The summed E-state index contributed by atoms with van der Waals surface area (Å²) in [6.45, 7) is 3.32. The topological polar surface area (TPSA) is 58.2 Å². The lowest BCUT2D eigenvalue weighted by molar-refractivity contribution is -0.126. The molecule has 0 aromatic heterocycles. The molecule has 0 unspecified atom stereocenters. The van der Waals surface area contributed by atoms with Crippen LogP contribution in [-0.2, 0) is 9.59 Å². The van der Waals surface area contributed by atoms with Crippen LogP contribution >= 0.6 is 27.7 Å². The number of benzene rings is 1. The molecule has 6 heteroatoms. The van der Waals surface area contributed by atoms with Crippen LogP contribution in [0, 0.1) is 6.92 Å². The van der Waals surface area contributed by atoms with Crippen molar-refractivity contribution >= 4 is 39.5 Å². The van der Waals surface area contributed by atoms with Crippen LogP contribution in [0.25, 0.3) is 0 Å². The summed E-state index contributed by atoms with van der Waals surface area (Å²) in [5.41, 5.74) is 5.67. The van der Waals surface area contributed by atoms with Gasteiger partial charge in [0.15, 0.2) is 0 Å². The van der Waals surface area contributed by atoms with Crippen molar-refractivity contribution in [1.29, 1.82) is 0 Å². The minimum atomic E-state index is -0.289. The van der Waals surface area contributed by atoms with Gasteiger partial charge in [0.1, 0.15) is 0 Å². The molecule has 0 saturated heterocycles. The molecular weight excluding hydrogens is 304 g/mol. The van der Waals surface area contributed by atoms with Gasteiger partial charge in [0, 0.05) is 16.3 Å². The monoisotopic (exact) mass is 316 g/mol. The smallest absolute Gasteiger partial charge is 0.248 e. The molecule has 0 fully saturated rings. The number of carbonyl (C=O) groups is 2. The predicted molar refractivity (Wildman–Crippen MR) is 71.6 cm³/mol. The Morgan fingerprint density at radius 2 is 2.06 bits per heavy atom. The zero-order valence-corrected chi connectivity index (χ0v) is 11.9. The minimum Gasteiger partial charge on any atom is -0.274 e. The predicted octanol–water partition coefficient (Wildman–Crippen LogP) is 2.02. The number of aryl methyl sites for hydroxylation is 1. The second kappa shape index (κ2) is 6.66. The Bertz CT molecular complexity index is 437. The first-order valence-electron chi connectivity index (χ1n) is 4.93. The van der Waals surface area contributed by atoms with Gasteiger partial charge in [0.05, 0.1) is 5.75 Å². The average Bonchev–Trinajstić information content (AvgIpc) is 2.25. The number of carbonyl (C=O) groups excluding carboxylic acids is 2. The number of hydrazine groups is 1. The Morgan fingerprint density at radius 3 is 2.65 bits per heavy atom. The molecule has 0 aliphatic heterocycles. The van der Waals surface area contributed by atoms with Crippen LogP contribution in [0.4, 0.5) is 0 Å². The Hall–Kier alpha value is -1.01. The largest absolute Gasteiger partial charge is 0.274 e. The highest BCUT2D eigenvalue weighted by molar-refractivity contribution is 9.10. The van der Waals surface area contributed by atoms with Crippen LogP contribution in [0.3, 0.4) is 0 Å². The number of halogens is 1. The number of thioether (sulfide) groups is 1. The van der Waals surface area contributed by atoms with Gasteiger partial charge in [-0.2, -0.15) is 0 Å². The van der Waals surface area contributed by atoms with E-state index in [1.807, 2.05) is 25.1 Å². The summed E-state index contributed by atoms with van der Waals surface area (Å²) >= 11 is 4.81. The fourth-order valence-electron chi connectivity index (χ4n) is 1.11. The van der Waals surface area contributed by atoms with Crippen molar-refractivity contribution in [3.63, 3.8) is 0 Å². The van der Waals surface area contributed by atoms with E-state index in [-0.39, 0.29) is 17.6 Å². The quantitative estimate of drug-likeness (QED) is 0.662. The molecule has 92 valence electrons. The second-order valence-corrected chi connectivity index (χ2v) is 5.36. The molecule has 0 atom stereocenters. The third-order valence-electron chi connectivity index (χ3n) is 1.87. The van der Waals surface area contributed by atoms with Gasteiger partial charge in [-0.05, 0) is 30.7 Å². The number of hydrogen-bond donors (Lipinski definition) is 2. The lowest BCUT2D eigenvalue weighted by Gasteiger charge is -2.07. The van der Waals surface area contributed by atoms with Gasteiger partial charge in [0.2, 0.25) is 11.8 Å². The van der Waals surface area contributed by atoms with E-state index in [0.717, 1.165) is 14.9 Å². The summed E-state index contributed by atoms with van der Waals surface area (Å²) in [7, 11) is 0. The van der Waals surface area contributed by atoms with Crippen LogP contribution < -0.4 is 10.9 Å². The fraction of sp³-hybridized carbons (Fsp3) is 0.273. The SMILES string of the molecule is CC(=O)NNC(=O)CSc1ccc(Br)cc1C. The van der Waals surface area contributed by atoms with E-state index in [1.165, 1.54) is 18.7 Å². The van der Waals surface area contributed by atoms with E-state index in [0.29, 0.717) is 0 Å².